The first kappa shape index (κ1) is 16.2. The van der Waals surface area contributed by atoms with E-state index in [1.807, 2.05) is 19.2 Å². The van der Waals surface area contributed by atoms with Crippen molar-refractivity contribution in [3.63, 3.8) is 0 Å². The standard InChI is InChI=1S/C19H25N/c1-6-9-17(7-2)18(8-3)14-20-19-13-11-15(4)10-12-16(19)5/h6-8,11-14H,1,9-10H2,2-5H3/b17-7+,18-8-,20-14?. The van der Waals surface area contributed by atoms with Crippen LogP contribution in [0.5, 0.6) is 0 Å². The first-order chi connectivity index (χ1) is 9.62. The Morgan fingerprint density at radius 2 is 2.00 bits per heavy atom. The summed E-state index contributed by atoms with van der Waals surface area (Å²) in [5, 5.41) is 0. The van der Waals surface area contributed by atoms with Crippen LogP contribution in [0.25, 0.3) is 0 Å². The highest BCUT2D eigenvalue weighted by atomic mass is 14.7. The molecule has 0 aromatic carbocycles. The average Bonchev–Trinajstić information content (AvgIpc) is 2.61. The van der Waals surface area contributed by atoms with Crippen LogP contribution in [0.2, 0.25) is 0 Å². The molecule has 0 atom stereocenters. The van der Waals surface area contributed by atoms with E-state index >= 15 is 0 Å². The summed E-state index contributed by atoms with van der Waals surface area (Å²) in [5.41, 5.74) is 6.05. The molecule has 1 heteroatoms. The van der Waals surface area contributed by atoms with Crippen LogP contribution in [0, 0.1) is 0 Å². The molecule has 0 amide bonds. The lowest BCUT2D eigenvalue weighted by Crippen LogP contribution is -1.92. The van der Waals surface area contributed by atoms with Gasteiger partial charge < -0.3 is 0 Å². The van der Waals surface area contributed by atoms with Gasteiger partial charge in [0.05, 0.1) is 5.70 Å². The van der Waals surface area contributed by atoms with Gasteiger partial charge in [-0.2, -0.15) is 0 Å². The molecule has 0 saturated heterocycles. The van der Waals surface area contributed by atoms with E-state index in [4.69, 9.17) is 0 Å². The highest BCUT2D eigenvalue weighted by Crippen LogP contribution is 2.20. The van der Waals surface area contributed by atoms with Crippen LogP contribution in [-0.4, -0.2) is 6.21 Å². The van der Waals surface area contributed by atoms with Crippen molar-refractivity contribution in [2.75, 3.05) is 0 Å². The SMILES string of the molecule is C=CCC(=C\C)/C(C=NC1=CC=C(C)CC=C1C)=C\C. The fraction of sp³-hybridized carbons (Fsp3) is 0.316. The topological polar surface area (TPSA) is 12.4 Å². The van der Waals surface area contributed by atoms with E-state index in [1.165, 1.54) is 16.7 Å². The lowest BCUT2D eigenvalue weighted by molar-refractivity contribution is 1.19. The molecular formula is C19H25N. The van der Waals surface area contributed by atoms with Crippen LogP contribution in [0.4, 0.5) is 0 Å². The van der Waals surface area contributed by atoms with Gasteiger partial charge in [0.2, 0.25) is 0 Å². The Kier molecular flexibility index (Phi) is 6.72. The van der Waals surface area contributed by atoms with Crippen LogP contribution < -0.4 is 0 Å². The third-order valence-electron chi connectivity index (χ3n) is 3.40. The maximum Gasteiger partial charge on any atom is 0.0655 e. The van der Waals surface area contributed by atoms with Gasteiger partial charge in [-0.15, -0.1) is 6.58 Å². The van der Waals surface area contributed by atoms with Crippen LogP contribution in [0.1, 0.15) is 40.5 Å². The molecule has 0 heterocycles. The van der Waals surface area contributed by atoms with E-state index in [-0.39, 0.29) is 0 Å². The highest BCUT2D eigenvalue weighted by Gasteiger charge is 2.03. The van der Waals surface area contributed by atoms with Crippen LogP contribution >= 0.6 is 0 Å². The second-order valence-electron chi connectivity index (χ2n) is 4.97. The molecule has 1 rings (SSSR count). The number of aliphatic imine (C=N–C) groups is 1. The molecule has 0 radical (unpaired) electrons. The van der Waals surface area contributed by atoms with Gasteiger partial charge in [-0.3, -0.25) is 4.99 Å². The van der Waals surface area contributed by atoms with Crippen molar-refractivity contribution in [1.29, 1.82) is 0 Å². The Labute approximate surface area is 123 Å². The maximum absolute atomic E-state index is 4.66. The van der Waals surface area contributed by atoms with E-state index in [0.29, 0.717) is 0 Å². The summed E-state index contributed by atoms with van der Waals surface area (Å²) in [4.78, 5) is 4.66. The smallest absolute Gasteiger partial charge is 0.0655 e. The van der Waals surface area contributed by atoms with Crippen LogP contribution in [0.3, 0.4) is 0 Å². The quantitative estimate of drug-likeness (QED) is 0.344. The molecule has 0 N–H and O–H groups in total. The minimum atomic E-state index is 0.870. The molecule has 20 heavy (non-hydrogen) atoms. The fourth-order valence-corrected chi connectivity index (χ4v) is 2.02. The van der Waals surface area contributed by atoms with Gasteiger partial charge in [-0.1, -0.05) is 36.0 Å². The number of rotatable bonds is 5. The van der Waals surface area contributed by atoms with E-state index in [2.05, 4.69) is 62.7 Å². The number of hydrogen-bond donors (Lipinski definition) is 0. The molecule has 0 saturated carbocycles. The van der Waals surface area contributed by atoms with Crippen molar-refractivity contribution in [1.82, 2.24) is 0 Å². The average molecular weight is 267 g/mol. The summed E-state index contributed by atoms with van der Waals surface area (Å²) >= 11 is 0. The summed E-state index contributed by atoms with van der Waals surface area (Å²) in [6.45, 7) is 12.2. The van der Waals surface area contributed by atoms with Gasteiger partial charge in [-0.25, -0.2) is 0 Å². The maximum atomic E-state index is 4.66. The van der Waals surface area contributed by atoms with Crippen LogP contribution in [0.15, 0.2) is 76.0 Å². The van der Waals surface area contributed by atoms with Gasteiger partial charge in [-0.05, 0) is 63.3 Å². The van der Waals surface area contributed by atoms with Gasteiger partial charge in [0.25, 0.3) is 0 Å². The predicted molar refractivity (Wildman–Crippen MR) is 91.0 cm³/mol. The molecule has 0 aromatic heterocycles. The number of hydrogen-bond acceptors (Lipinski definition) is 1. The summed E-state index contributed by atoms with van der Waals surface area (Å²) in [7, 11) is 0. The summed E-state index contributed by atoms with van der Waals surface area (Å²) < 4.78 is 0. The van der Waals surface area contributed by atoms with Crippen molar-refractivity contribution >= 4 is 6.21 Å². The van der Waals surface area contributed by atoms with Crippen molar-refractivity contribution in [3.8, 4) is 0 Å². The molecule has 106 valence electrons. The molecule has 0 bridgehead atoms. The van der Waals surface area contributed by atoms with E-state index < -0.39 is 0 Å². The van der Waals surface area contributed by atoms with Gasteiger partial charge in [0.15, 0.2) is 0 Å². The molecule has 0 fully saturated rings. The Hall–Kier alpha value is -1.89. The van der Waals surface area contributed by atoms with E-state index in [0.717, 1.165) is 24.1 Å². The van der Waals surface area contributed by atoms with E-state index in [1.54, 1.807) is 0 Å². The minimum absolute atomic E-state index is 0.870. The molecule has 0 aliphatic heterocycles. The molecule has 0 spiro atoms. The minimum Gasteiger partial charge on any atom is -0.256 e. The van der Waals surface area contributed by atoms with Gasteiger partial charge in [0, 0.05) is 6.21 Å². The lowest BCUT2D eigenvalue weighted by Gasteiger charge is -2.05. The van der Waals surface area contributed by atoms with Crippen molar-refractivity contribution < 1.29 is 0 Å². The zero-order valence-electron chi connectivity index (χ0n) is 13.1. The Balaban J connectivity index is 2.98. The third-order valence-corrected chi connectivity index (χ3v) is 3.40. The van der Waals surface area contributed by atoms with Gasteiger partial charge >= 0.3 is 0 Å². The first-order valence-electron chi connectivity index (χ1n) is 7.13. The van der Waals surface area contributed by atoms with Crippen molar-refractivity contribution in [2.45, 2.75) is 40.5 Å². The monoisotopic (exact) mass is 267 g/mol. The zero-order chi connectivity index (χ0) is 15.0. The second kappa shape index (κ2) is 8.31. The van der Waals surface area contributed by atoms with Crippen molar-refractivity contribution in [3.05, 3.63) is 71.0 Å². The second-order valence-corrected chi connectivity index (χ2v) is 4.97. The Morgan fingerprint density at radius 3 is 2.60 bits per heavy atom. The first-order valence-corrected chi connectivity index (χ1v) is 7.13. The largest absolute Gasteiger partial charge is 0.256 e. The predicted octanol–water partition coefficient (Wildman–Crippen LogP) is 5.71. The highest BCUT2D eigenvalue weighted by molar-refractivity contribution is 5.85. The molecule has 1 aliphatic carbocycles. The lowest BCUT2D eigenvalue weighted by atomic mass is 10.0. The number of allylic oxidation sites excluding steroid dienone is 10. The molecule has 1 nitrogen and oxygen atoms in total. The van der Waals surface area contributed by atoms with Crippen LogP contribution in [-0.2, 0) is 0 Å². The van der Waals surface area contributed by atoms with E-state index in [9.17, 15) is 0 Å². The normalized spacial score (nSPS) is 17.5. The fourth-order valence-electron chi connectivity index (χ4n) is 2.02. The van der Waals surface area contributed by atoms with Crippen molar-refractivity contribution in [2.24, 2.45) is 4.99 Å². The molecule has 0 aromatic rings. The number of nitrogens with zero attached hydrogens (tertiary/aromatic N) is 1. The summed E-state index contributed by atoms with van der Waals surface area (Å²) in [6, 6.07) is 0. The molecule has 0 unspecified atom stereocenters. The summed E-state index contributed by atoms with van der Waals surface area (Å²) in [6.07, 6.45) is 16.5. The Morgan fingerprint density at radius 1 is 1.25 bits per heavy atom. The summed E-state index contributed by atoms with van der Waals surface area (Å²) in [5.74, 6) is 0. The Bertz CT molecular complexity index is 534. The van der Waals surface area contributed by atoms with Gasteiger partial charge in [0.1, 0.15) is 0 Å². The molecular weight excluding hydrogens is 242 g/mol. The zero-order valence-corrected chi connectivity index (χ0v) is 13.1. The molecule has 1 aliphatic rings. The third kappa shape index (κ3) is 4.65.